The van der Waals surface area contributed by atoms with Gasteiger partial charge in [0.1, 0.15) is 0 Å². The van der Waals surface area contributed by atoms with Crippen LogP contribution in [0.1, 0.15) is 0 Å². The molecule has 8 aromatic carbocycles. The van der Waals surface area contributed by atoms with Gasteiger partial charge in [0.25, 0.3) is 0 Å². The molecule has 0 amide bonds. The molecule has 12 rings (SSSR count). The van der Waals surface area contributed by atoms with Crippen LogP contribution in [0.3, 0.4) is 0 Å². The topological polar surface area (TPSA) is 4.93 Å². The third-order valence-corrected chi connectivity index (χ3v) is 14.2. The van der Waals surface area contributed by atoms with Crippen LogP contribution >= 0.6 is 34.0 Å². The highest BCUT2D eigenvalue weighted by Crippen LogP contribution is 2.46. The number of rotatable bonds is 3. The smallest absolute Gasteiger partial charge is 0.0619 e. The van der Waals surface area contributed by atoms with E-state index in [0.717, 1.165) is 0 Å². The Morgan fingerprint density at radius 2 is 0.712 bits per heavy atom. The SMILES string of the molecule is c1ccc2c(c1)sc1cc(-c3cccc4c5cccc(-c6ccc7c(c6)sc6ccccc67)c5n(-c5ccc6sc7ccccc7c6c5)c34)ccc12. The van der Waals surface area contributed by atoms with Gasteiger partial charge in [0.15, 0.2) is 0 Å². The molecule has 0 radical (unpaired) electrons. The van der Waals surface area contributed by atoms with Crippen molar-refractivity contribution < 1.29 is 0 Å². The second-order valence-corrected chi connectivity index (χ2v) is 16.9. The number of para-hydroxylation sites is 2. The average Bonchev–Trinajstić information content (AvgIpc) is 3.95. The highest BCUT2D eigenvalue weighted by atomic mass is 32.1. The van der Waals surface area contributed by atoms with Gasteiger partial charge >= 0.3 is 0 Å². The maximum atomic E-state index is 2.56. The largest absolute Gasteiger partial charge is 0.308 e. The first-order chi connectivity index (χ1) is 25.8. The first-order valence-electron chi connectivity index (χ1n) is 17.6. The molecule has 0 unspecified atom stereocenters. The molecule has 0 aliphatic carbocycles. The van der Waals surface area contributed by atoms with Gasteiger partial charge in [-0.2, -0.15) is 0 Å². The summed E-state index contributed by atoms with van der Waals surface area (Å²) in [5.74, 6) is 0. The van der Waals surface area contributed by atoms with Gasteiger partial charge in [0, 0.05) is 88.1 Å². The van der Waals surface area contributed by atoms with Crippen molar-refractivity contribution >= 4 is 116 Å². The van der Waals surface area contributed by atoms with Gasteiger partial charge in [-0.3, -0.25) is 0 Å². The number of fused-ring (bicyclic) bond motifs is 12. The fourth-order valence-electron chi connectivity index (χ4n) is 8.48. The van der Waals surface area contributed by atoms with Crippen LogP contribution in [-0.4, -0.2) is 4.57 Å². The first kappa shape index (κ1) is 28.9. The minimum absolute atomic E-state index is 1.18. The highest BCUT2D eigenvalue weighted by molar-refractivity contribution is 7.26. The van der Waals surface area contributed by atoms with E-state index in [-0.39, 0.29) is 0 Å². The van der Waals surface area contributed by atoms with E-state index in [1.54, 1.807) is 0 Å². The molecule has 0 saturated heterocycles. The third-order valence-electron chi connectivity index (χ3n) is 10.8. The average molecular weight is 714 g/mol. The molecule has 12 aromatic rings. The quantitative estimate of drug-likeness (QED) is 0.172. The van der Waals surface area contributed by atoms with Crippen LogP contribution in [-0.2, 0) is 0 Å². The number of benzene rings is 8. The van der Waals surface area contributed by atoms with Crippen LogP contribution in [0.2, 0.25) is 0 Å². The molecule has 4 heterocycles. The van der Waals surface area contributed by atoms with E-state index in [2.05, 4.69) is 168 Å². The predicted molar refractivity (Wildman–Crippen MR) is 230 cm³/mol. The fraction of sp³-hybridized carbons (Fsp3) is 0. The Kier molecular flexibility index (Phi) is 6.03. The molecule has 4 aromatic heterocycles. The minimum Gasteiger partial charge on any atom is -0.308 e. The Morgan fingerprint density at radius 3 is 1.25 bits per heavy atom. The van der Waals surface area contributed by atoms with Crippen molar-refractivity contribution in [2.24, 2.45) is 0 Å². The van der Waals surface area contributed by atoms with Crippen molar-refractivity contribution in [3.63, 3.8) is 0 Å². The first-order valence-corrected chi connectivity index (χ1v) is 20.0. The van der Waals surface area contributed by atoms with Crippen LogP contribution in [0.25, 0.3) is 110 Å². The Balaban J connectivity index is 1.19. The standard InChI is InChI=1S/C48H27NS3/c1-4-16-41-33(9-1)36-22-19-28(25-45(36)51-41)31-12-7-14-38-39-15-8-13-32(29-20-23-37-34-10-2-5-17-42(34)52-46(37)26-29)48(39)49(47(31)38)30-21-24-44-40(27-30)35-11-3-6-18-43(35)50-44/h1-27H. The Morgan fingerprint density at radius 1 is 0.288 bits per heavy atom. The fourth-order valence-corrected chi connectivity index (χ4v) is 11.9. The maximum absolute atomic E-state index is 2.56. The van der Waals surface area contributed by atoms with Crippen molar-refractivity contribution in [2.75, 3.05) is 0 Å². The molecule has 0 N–H and O–H groups in total. The number of thiophene rings is 3. The van der Waals surface area contributed by atoms with E-state index in [9.17, 15) is 0 Å². The van der Waals surface area contributed by atoms with E-state index in [1.165, 1.54) is 110 Å². The lowest BCUT2D eigenvalue weighted by Gasteiger charge is -2.14. The zero-order chi connectivity index (χ0) is 33.9. The lowest BCUT2D eigenvalue weighted by Crippen LogP contribution is -1.97. The summed E-state index contributed by atoms with van der Waals surface area (Å²) in [6, 6.07) is 61.2. The van der Waals surface area contributed by atoms with Gasteiger partial charge in [0.05, 0.1) is 11.0 Å². The monoisotopic (exact) mass is 713 g/mol. The van der Waals surface area contributed by atoms with Crippen molar-refractivity contribution in [3.05, 3.63) is 164 Å². The maximum Gasteiger partial charge on any atom is 0.0619 e. The normalized spacial score (nSPS) is 12.2. The van der Waals surface area contributed by atoms with Crippen LogP contribution < -0.4 is 0 Å². The highest BCUT2D eigenvalue weighted by Gasteiger charge is 2.21. The van der Waals surface area contributed by atoms with E-state index in [0.29, 0.717) is 0 Å². The number of aromatic nitrogens is 1. The van der Waals surface area contributed by atoms with E-state index in [1.807, 2.05) is 34.0 Å². The van der Waals surface area contributed by atoms with Crippen LogP contribution in [0.15, 0.2) is 164 Å². The van der Waals surface area contributed by atoms with Gasteiger partial charge in [-0.1, -0.05) is 115 Å². The second-order valence-electron chi connectivity index (χ2n) is 13.6. The van der Waals surface area contributed by atoms with Crippen molar-refractivity contribution in [1.82, 2.24) is 4.57 Å². The predicted octanol–water partition coefficient (Wildman–Crippen LogP) is 15.2. The van der Waals surface area contributed by atoms with E-state index < -0.39 is 0 Å². The van der Waals surface area contributed by atoms with Gasteiger partial charge in [0.2, 0.25) is 0 Å². The summed E-state index contributed by atoms with van der Waals surface area (Å²) in [5.41, 5.74) is 8.64. The molecule has 0 atom stereocenters. The molecular formula is C48H27NS3. The molecule has 0 aliphatic rings. The Labute approximate surface area is 310 Å². The summed E-state index contributed by atoms with van der Waals surface area (Å²) >= 11 is 5.64. The van der Waals surface area contributed by atoms with Gasteiger partial charge in [-0.15, -0.1) is 34.0 Å². The molecule has 0 spiro atoms. The summed E-state index contributed by atoms with van der Waals surface area (Å²) in [6.07, 6.45) is 0. The zero-order valence-electron chi connectivity index (χ0n) is 27.8. The van der Waals surface area contributed by atoms with Crippen molar-refractivity contribution in [3.8, 4) is 27.9 Å². The van der Waals surface area contributed by atoms with Crippen molar-refractivity contribution in [2.45, 2.75) is 0 Å². The molecule has 0 fully saturated rings. The van der Waals surface area contributed by atoms with Crippen molar-refractivity contribution in [1.29, 1.82) is 0 Å². The third kappa shape index (κ3) is 4.08. The van der Waals surface area contributed by atoms with Gasteiger partial charge in [-0.25, -0.2) is 0 Å². The van der Waals surface area contributed by atoms with Crippen LogP contribution in [0.5, 0.6) is 0 Å². The molecule has 4 heteroatoms. The summed E-state index contributed by atoms with van der Waals surface area (Å²) in [6.45, 7) is 0. The Hall–Kier alpha value is -5.78. The van der Waals surface area contributed by atoms with E-state index in [4.69, 9.17) is 0 Å². The summed E-state index contributed by atoms with van der Waals surface area (Å²) in [7, 11) is 0. The minimum atomic E-state index is 1.18. The summed E-state index contributed by atoms with van der Waals surface area (Å²) in [5, 5.41) is 10.5. The van der Waals surface area contributed by atoms with Crippen LogP contribution in [0, 0.1) is 0 Å². The molecule has 0 aliphatic heterocycles. The van der Waals surface area contributed by atoms with E-state index >= 15 is 0 Å². The molecule has 0 bridgehead atoms. The van der Waals surface area contributed by atoms with Gasteiger partial charge in [-0.05, 0) is 59.7 Å². The molecule has 242 valence electrons. The number of hydrogen-bond acceptors (Lipinski definition) is 3. The second kappa shape index (κ2) is 10.9. The molecular weight excluding hydrogens is 687 g/mol. The number of hydrogen-bond donors (Lipinski definition) is 0. The molecule has 0 saturated carbocycles. The van der Waals surface area contributed by atoms with Gasteiger partial charge < -0.3 is 4.57 Å². The summed E-state index contributed by atoms with van der Waals surface area (Å²) in [4.78, 5) is 0. The summed E-state index contributed by atoms with van der Waals surface area (Å²) < 4.78 is 10.5. The van der Waals surface area contributed by atoms with Crippen LogP contribution in [0.4, 0.5) is 0 Å². The zero-order valence-corrected chi connectivity index (χ0v) is 30.2. The number of nitrogens with zero attached hydrogens (tertiary/aromatic N) is 1. The Bertz CT molecular complexity index is 3250. The lowest BCUT2D eigenvalue weighted by molar-refractivity contribution is 1.19. The lowest BCUT2D eigenvalue weighted by atomic mass is 9.99. The molecule has 52 heavy (non-hydrogen) atoms. The molecule has 1 nitrogen and oxygen atoms in total.